The van der Waals surface area contributed by atoms with E-state index in [0.717, 1.165) is 10.0 Å². The van der Waals surface area contributed by atoms with Gasteiger partial charge in [0.15, 0.2) is 0 Å². The molecule has 2 aromatic rings. The highest BCUT2D eigenvalue weighted by Gasteiger charge is 2.25. The molecule has 1 aromatic carbocycles. The number of alkyl halides is 3. The third kappa shape index (κ3) is 5.13. The highest BCUT2D eigenvalue weighted by molar-refractivity contribution is 9.10. The minimum absolute atomic E-state index is 0.0225. The Labute approximate surface area is 127 Å². The number of hydrogen-bond acceptors (Lipinski definition) is 4. The van der Waals surface area contributed by atoms with Gasteiger partial charge >= 0.3 is 6.18 Å². The molecular weight excluding hydrogens is 351 g/mol. The Morgan fingerprint density at radius 1 is 1.19 bits per heavy atom. The molecule has 1 N–H and O–H groups in total. The van der Waals surface area contributed by atoms with Gasteiger partial charge in [-0.25, -0.2) is 0 Å². The van der Waals surface area contributed by atoms with Gasteiger partial charge in [-0.2, -0.15) is 13.2 Å². The number of halogens is 4. The van der Waals surface area contributed by atoms with E-state index in [2.05, 4.69) is 31.4 Å². The standard InChI is InChI=1S/C13H13BrF3N3O/c14-10-5-2-1-4-9(10)12-20-19-11(21-12)8-18-7-3-6-13(15,16)17/h1-2,4-5,18H,3,6-8H2. The van der Waals surface area contributed by atoms with E-state index in [9.17, 15) is 13.2 Å². The quantitative estimate of drug-likeness (QED) is 0.790. The van der Waals surface area contributed by atoms with Crippen LogP contribution in [0.1, 0.15) is 18.7 Å². The van der Waals surface area contributed by atoms with Gasteiger partial charge in [-0.15, -0.1) is 10.2 Å². The summed E-state index contributed by atoms with van der Waals surface area (Å²) in [7, 11) is 0. The van der Waals surface area contributed by atoms with Crippen molar-refractivity contribution in [2.75, 3.05) is 6.54 Å². The van der Waals surface area contributed by atoms with Crippen molar-refractivity contribution in [3.8, 4) is 11.5 Å². The highest BCUT2D eigenvalue weighted by atomic mass is 79.9. The van der Waals surface area contributed by atoms with E-state index in [1.54, 1.807) is 0 Å². The molecule has 0 aliphatic heterocycles. The Bertz CT molecular complexity index is 586. The first kappa shape index (κ1) is 16.0. The number of hydrogen-bond donors (Lipinski definition) is 1. The second-order valence-corrected chi connectivity index (χ2v) is 5.23. The summed E-state index contributed by atoms with van der Waals surface area (Å²) in [6.07, 6.45) is -4.89. The summed E-state index contributed by atoms with van der Waals surface area (Å²) in [5.74, 6) is 0.710. The Balaban J connectivity index is 1.83. The molecule has 0 saturated heterocycles. The largest absolute Gasteiger partial charge is 0.419 e. The molecule has 0 spiro atoms. The zero-order chi connectivity index (χ0) is 15.3. The fraction of sp³-hybridized carbons (Fsp3) is 0.385. The van der Waals surface area contributed by atoms with E-state index in [-0.39, 0.29) is 19.5 Å². The van der Waals surface area contributed by atoms with Crippen LogP contribution in [0.2, 0.25) is 0 Å². The van der Waals surface area contributed by atoms with Crippen LogP contribution in [-0.4, -0.2) is 22.9 Å². The minimum Gasteiger partial charge on any atom is -0.419 e. The number of nitrogens with zero attached hydrogens (tertiary/aromatic N) is 2. The molecular formula is C13H13BrF3N3O. The van der Waals surface area contributed by atoms with Crippen LogP contribution in [0.4, 0.5) is 13.2 Å². The Kier molecular flexibility index (Phi) is 5.35. The molecule has 21 heavy (non-hydrogen) atoms. The second-order valence-electron chi connectivity index (χ2n) is 4.38. The molecule has 1 aromatic heterocycles. The molecule has 0 bridgehead atoms. The smallest absolute Gasteiger partial charge is 0.389 e. The third-order valence-electron chi connectivity index (χ3n) is 2.66. The zero-order valence-corrected chi connectivity index (χ0v) is 12.5. The number of rotatable bonds is 6. The summed E-state index contributed by atoms with van der Waals surface area (Å²) >= 11 is 3.38. The predicted octanol–water partition coefficient (Wildman–Crippen LogP) is 3.93. The van der Waals surface area contributed by atoms with Gasteiger partial charge in [0, 0.05) is 10.9 Å². The molecule has 0 atom stereocenters. The molecule has 8 heteroatoms. The number of aromatic nitrogens is 2. The first-order valence-electron chi connectivity index (χ1n) is 6.30. The van der Waals surface area contributed by atoms with Gasteiger partial charge in [0.2, 0.25) is 11.8 Å². The molecule has 2 rings (SSSR count). The topological polar surface area (TPSA) is 51.0 Å². The molecule has 0 amide bonds. The summed E-state index contributed by atoms with van der Waals surface area (Å²) in [5, 5.41) is 10.6. The summed E-state index contributed by atoms with van der Waals surface area (Å²) in [5.41, 5.74) is 0.772. The first-order chi connectivity index (χ1) is 9.96. The summed E-state index contributed by atoms with van der Waals surface area (Å²) in [6.45, 7) is 0.488. The minimum atomic E-state index is -4.11. The second kappa shape index (κ2) is 7.04. The van der Waals surface area contributed by atoms with Crippen molar-refractivity contribution in [1.82, 2.24) is 15.5 Å². The molecule has 0 saturated carbocycles. The number of nitrogens with one attached hydrogen (secondary N) is 1. The summed E-state index contributed by atoms with van der Waals surface area (Å²) < 4.78 is 42.2. The SMILES string of the molecule is FC(F)(F)CCCNCc1nnc(-c2ccccc2Br)o1. The Morgan fingerprint density at radius 3 is 2.67 bits per heavy atom. The lowest BCUT2D eigenvalue weighted by Gasteiger charge is -2.05. The molecule has 0 unspecified atom stereocenters. The van der Waals surface area contributed by atoms with Crippen LogP contribution in [0.15, 0.2) is 33.2 Å². The van der Waals surface area contributed by atoms with Gasteiger partial charge in [-0.3, -0.25) is 0 Å². The van der Waals surface area contributed by atoms with Crippen LogP contribution in [0.3, 0.4) is 0 Å². The molecule has 1 heterocycles. The first-order valence-corrected chi connectivity index (χ1v) is 7.10. The molecule has 0 aliphatic carbocycles. The lowest BCUT2D eigenvalue weighted by molar-refractivity contribution is -0.135. The zero-order valence-electron chi connectivity index (χ0n) is 11.0. The van der Waals surface area contributed by atoms with E-state index in [0.29, 0.717) is 11.8 Å². The van der Waals surface area contributed by atoms with Gasteiger partial charge in [0.1, 0.15) is 0 Å². The highest BCUT2D eigenvalue weighted by Crippen LogP contribution is 2.26. The van der Waals surface area contributed by atoms with Gasteiger partial charge in [0.25, 0.3) is 0 Å². The van der Waals surface area contributed by atoms with Crippen LogP contribution in [-0.2, 0) is 6.54 Å². The fourth-order valence-electron chi connectivity index (χ4n) is 1.68. The lowest BCUT2D eigenvalue weighted by Crippen LogP contribution is -2.17. The van der Waals surface area contributed by atoms with Crippen molar-refractivity contribution in [1.29, 1.82) is 0 Å². The molecule has 4 nitrogen and oxygen atoms in total. The lowest BCUT2D eigenvalue weighted by atomic mass is 10.2. The Hall–Kier alpha value is -1.41. The van der Waals surface area contributed by atoms with E-state index in [1.165, 1.54) is 0 Å². The van der Waals surface area contributed by atoms with Crippen molar-refractivity contribution in [3.63, 3.8) is 0 Å². The maximum absolute atomic E-state index is 12.0. The van der Waals surface area contributed by atoms with Crippen molar-refractivity contribution >= 4 is 15.9 Å². The third-order valence-corrected chi connectivity index (χ3v) is 3.35. The van der Waals surface area contributed by atoms with Gasteiger partial charge < -0.3 is 9.73 Å². The van der Waals surface area contributed by atoms with Crippen LogP contribution in [0.25, 0.3) is 11.5 Å². The van der Waals surface area contributed by atoms with E-state index in [4.69, 9.17) is 4.42 Å². The van der Waals surface area contributed by atoms with Gasteiger partial charge in [0.05, 0.1) is 12.1 Å². The van der Waals surface area contributed by atoms with Gasteiger partial charge in [-0.1, -0.05) is 12.1 Å². The predicted molar refractivity (Wildman–Crippen MR) is 74.4 cm³/mol. The van der Waals surface area contributed by atoms with Crippen LogP contribution >= 0.6 is 15.9 Å². The molecule has 0 aliphatic rings. The van der Waals surface area contributed by atoms with E-state index in [1.807, 2.05) is 24.3 Å². The van der Waals surface area contributed by atoms with Crippen LogP contribution in [0, 0.1) is 0 Å². The van der Waals surface area contributed by atoms with Crippen LogP contribution < -0.4 is 5.32 Å². The van der Waals surface area contributed by atoms with E-state index < -0.39 is 12.6 Å². The molecule has 0 fully saturated rings. The monoisotopic (exact) mass is 363 g/mol. The van der Waals surface area contributed by atoms with Crippen molar-refractivity contribution in [2.24, 2.45) is 0 Å². The summed E-state index contributed by atoms with van der Waals surface area (Å²) in [6, 6.07) is 7.40. The Morgan fingerprint density at radius 2 is 1.95 bits per heavy atom. The van der Waals surface area contributed by atoms with Crippen molar-refractivity contribution in [3.05, 3.63) is 34.6 Å². The maximum Gasteiger partial charge on any atom is 0.389 e. The molecule has 114 valence electrons. The summed E-state index contributed by atoms with van der Waals surface area (Å²) in [4.78, 5) is 0. The normalized spacial score (nSPS) is 11.8. The van der Waals surface area contributed by atoms with Crippen molar-refractivity contribution in [2.45, 2.75) is 25.6 Å². The average molecular weight is 364 g/mol. The number of benzene rings is 1. The maximum atomic E-state index is 12.0. The fourth-order valence-corrected chi connectivity index (χ4v) is 2.13. The van der Waals surface area contributed by atoms with E-state index >= 15 is 0 Å². The van der Waals surface area contributed by atoms with Crippen molar-refractivity contribution < 1.29 is 17.6 Å². The molecule has 0 radical (unpaired) electrons. The van der Waals surface area contributed by atoms with Gasteiger partial charge in [-0.05, 0) is 41.0 Å². The van der Waals surface area contributed by atoms with Crippen LogP contribution in [0.5, 0.6) is 0 Å². The average Bonchev–Trinajstić information content (AvgIpc) is 2.86.